The Balaban J connectivity index is 0.00000289. The van der Waals surface area contributed by atoms with Gasteiger partial charge in [0.25, 0.3) is 0 Å². The Morgan fingerprint density at radius 1 is 1.39 bits per heavy atom. The number of hydrogen-bond acceptors (Lipinski definition) is 3. The van der Waals surface area contributed by atoms with Crippen LogP contribution in [0.4, 0.5) is 0 Å². The van der Waals surface area contributed by atoms with E-state index in [2.05, 4.69) is 19.2 Å². The van der Waals surface area contributed by atoms with Crippen molar-refractivity contribution in [3.05, 3.63) is 0 Å². The van der Waals surface area contributed by atoms with E-state index in [9.17, 15) is 9.59 Å². The van der Waals surface area contributed by atoms with Crippen molar-refractivity contribution in [1.82, 2.24) is 10.2 Å². The number of carbonyl (C=O) groups excluding carboxylic acids is 2. The van der Waals surface area contributed by atoms with Crippen molar-refractivity contribution in [3.63, 3.8) is 0 Å². The van der Waals surface area contributed by atoms with Crippen LogP contribution in [0.1, 0.15) is 40.0 Å². The summed E-state index contributed by atoms with van der Waals surface area (Å²) < 4.78 is 0. The number of hydrogen-bond donors (Lipinski definition) is 1. The Morgan fingerprint density at radius 2 is 1.94 bits per heavy atom. The molecule has 4 nitrogen and oxygen atoms in total. The molecule has 6 heteroatoms. The van der Waals surface area contributed by atoms with Crippen LogP contribution in [-0.4, -0.2) is 28.9 Å². The zero-order chi connectivity index (χ0) is 13.2. The van der Waals surface area contributed by atoms with Crippen LogP contribution < -0.4 is 34.9 Å². The van der Waals surface area contributed by atoms with Crippen molar-refractivity contribution in [2.45, 2.75) is 40.0 Å². The second-order valence-electron chi connectivity index (χ2n) is 4.99. The molecule has 0 aromatic rings. The van der Waals surface area contributed by atoms with E-state index in [1.165, 1.54) is 4.90 Å². The van der Waals surface area contributed by atoms with Gasteiger partial charge < -0.3 is 5.32 Å². The van der Waals surface area contributed by atoms with Gasteiger partial charge in [0.1, 0.15) is 5.41 Å². The molecular formula is C12H20N2NaO2S+. The van der Waals surface area contributed by atoms with E-state index in [1.807, 2.05) is 6.92 Å². The van der Waals surface area contributed by atoms with E-state index in [-0.39, 0.29) is 46.5 Å². The molecule has 0 aromatic heterocycles. The van der Waals surface area contributed by atoms with Gasteiger partial charge in [-0.05, 0) is 37.4 Å². The number of carbonyl (C=O) groups is 2. The average molecular weight is 279 g/mol. The first-order valence-electron chi connectivity index (χ1n) is 5.98. The number of thiocarbonyl (C=S) groups is 1. The summed E-state index contributed by atoms with van der Waals surface area (Å²) in [5.74, 6) is 0.0568. The van der Waals surface area contributed by atoms with Gasteiger partial charge in [-0.25, -0.2) is 0 Å². The maximum atomic E-state index is 12.3. The standard InChI is InChI=1S/C12H20N2O2S.Na/c1-5-12(7-6-8(2)3)9(15)13-11(17)14(4)10(12)16;/h8H,5-7H2,1-4H3,(H,13,15,17);/q;+1. The monoisotopic (exact) mass is 279 g/mol. The number of rotatable bonds is 4. The van der Waals surface area contributed by atoms with E-state index in [0.29, 0.717) is 18.8 Å². The van der Waals surface area contributed by atoms with E-state index in [0.717, 1.165) is 6.42 Å². The van der Waals surface area contributed by atoms with Crippen LogP contribution in [0.5, 0.6) is 0 Å². The molecule has 0 bridgehead atoms. The number of nitrogens with one attached hydrogen (secondary N) is 1. The fourth-order valence-corrected chi connectivity index (χ4v) is 2.23. The summed E-state index contributed by atoms with van der Waals surface area (Å²) in [6, 6.07) is 0. The van der Waals surface area contributed by atoms with Crippen LogP contribution >= 0.6 is 12.2 Å². The Morgan fingerprint density at radius 3 is 2.39 bits per heavy atom. The Kier molecular flexibility index (Phi) is 7.00. The largest absolute Gasteiger partial charge is 1.00 e. The van der Waals surface area contributed by atoms with Crippen LogP contribution in [0.25, 0.3) is 0 Å². The molecule has 18 heavy (non-hydrogen) atoms. The van der Waals surface area contributed by atoms with Crippen molar-refractivity contribution in [2.24, 2.45) is 11.3 Å². The van der Waals surface area contributed by atoms with Crippen LogP contribution in [0.2, 0.25) is 0 Å². The summed E-state index contributed by atoms with van der Waals surface area (Å²) in [7, 11) is 1.61. The minimum atomic E-state index is -0.929. The smallest absolute Gasteiger partial charge is 0.302 e. The third-order valence-corrected chi connectivity index (χ3v) is 3.80. The van der Waals surface area contributed by atoms with Crippen molar-refractivity contribution >= 4 is 29.1 Å². The van der Waals surface area contributed by atoms with E-state index < -0.39 is 5.41 Å². The number of amides is 2. The van der Waals surface area contributed by atoms with E-state index in [4.69, 9.17) is 12.2 Å². The molecular weight excluding hydrogens is 259 g/mol. The molecule has 0 aliphatic carbocycles. The summed E-state index contributed by atoms with van der Waals surface area (Å²) in [6.45, 7) is 6.05. The van der Waals surface area contributed by atoms with Gasteiger partial charge in [0.15, 0.2) is 5.11 Å². The zero-order valence-corrected chi connectivity index (χ0v) is 14.7. The first-order valence-corrected chi connectivity index (χ1v) is 6.39. The molecule has 2 amide bonds. The van der Waals surface area contributed by atoms with Crippen LogP contribution in [-0.2, 0) is 9.59 Å². The molecule has 1 N–H and O–H groups in total. The summed E-state index contributed by atoms with van der Waals surface area (Å²) >= 11 is 4.94. The van der Waals surface area contributed by atoms with Gasteiger partial charge in [0.2, 0.25) is 11.8 Å². The molecule has 0 spiro atoms. The molecule has 1 aliphatic heterocycles. The average Bonchev–Trinajstić information content (AvgIpc) is 2.27. The molecule has 0 saturated carbocycles. The summed E-state index contributed by atoms with van der Waals surface area (Å²) in [5.41, 5.74) is -0.929. The Bertz CT molecular complexity index is 360. The predicted molar refractivity (Wildman–Crippen MR) is 70.3 cm³/mol. The van der Waals surface area contributed by atoms with Crippen LogP contribution in [0.15, 0.2) is 0 Å². The zero-order valence-electron chi connectivity index (χ0n) is 11.9. The molecule has 0 radical (unpaired) electrons. The van der Waals surface area contributed by atoms with Crippen LogP contribution in [0, 0.1) is 11.3 Å². The molecule has 1 atom stereocenters. The van der Waals surface area contributed by atoms with Gasteiger partial charge >= 0.3 is 29.6 Å². The van der Waals surface area contributed by atoms with Gasteiger partial charge in [-0.1, -0.05) is 20.8 Å². The van der Waals surface area contributed by atoms with Gasteiger partial charge in [-0.15, -0.1) is 0 Å². The van der Waals surface area contributed by atoms with Crippen molar-refractivity contribution in [2.75, 3.05) is 7.05 Å². The van der Waals surface area contributed by atoms with E-state index >= 15 is 0 Å². The minimum absolute atomic E-state index is 0. The Labute approximate surface area is 136 Å². The SMILES string of the molecule is CCC1(CCC(C)C)C(=O)NC(=S)N(C)C1=O.[Na+]. The predicted octanol–water partition coefficient (Wildman–Crippen LogP) is -1.30. The minimum Gasteiger partial charge on any atom is -0.302 e. The quantitative estimate of drug-likeness (QED) is 0.395. The second kappa shape index (κ2) is 6.98. The fourth-order valence-electron chi connectivity index (χ4n) is 2.06. The molecule has 1 unspecified atom stereocenters. The topological polar surface area (TPSA) is 49.4 Å². The molecule has 1 rings (SSSR count). The number of nitrogens with zero attached hydrogens (tertiary/aromatic N) is 1. The van der Waals surface area contributed by atoms with Crippen LogP contribution in [0.3, 0.4) is 0 Å². The van der Waals surface area contributed by atoms with Gasteiger partial charge in [0.05, 0.1) is 0 Å². The van der Waals surface area contributed by atoms with E-state index in [1.54, 1.807) is 7.05 Å². The molecule has 1 fully saturated rings. The van der Waals surface area contributed by atoms with Gasteiger partial charge in [-0.2, -0.15) is 0 Å². The first-order chi connectivity index (χ1) is 7.85. The maximum absolute atomic E-state index is 12.3. The molecule has 1 heterocycles. The molecule has 1 saturated heterocycles. The Hall–Kier alpha value is 0.0300. The van der Waals surface area contributed by atoms with Gasteiger partial charge in [-0.3, -0.25) is 14.5 Å². The summed E-state index contributed by atoms with van der Waals surface area (Å²) in [4.78, 5) is 25.7. The first kappa shape index (κ1) is 18.0. The second-order valence-corrected chi connectivity index (χ2v) is 5.38. The fraction of sp³-hybridized carbons (Fsp3) is 0.750. The van der Waals surface area contributed by atoms with Crippen molar-refractivity contribution in [3.8, 4) is 0 Å². The normalized spacial score (nSPS) is 24.1. The molecule has 0 aromatic carbocycles. The van der Waals surface area contributed by atoms with Crippen molar-refractivity contribution < 1.29 is 39.1 Å². The third kappa shape index (κ3) is 3.32. The summed E-state index contributed by atoms with van der Waals surface area (Å²) in [6.07, 6.45) is 1.95. The van der Waals surface area contributed by atoms with Gasteiger partial charge in [0, 0.05) is 7.05 Å². The molecule has 1 aliphatic rings. The van der Waals surface area contributed by atoms with Crippen molar-refractivity contribution in [1.29, 1.82) is 0 Å². The summed E-state index contributed by atoms with van der Waals surface area (Å²) in [5, 5.41) is 2.83. The maximum Gasteiger partial charge on any atom is 1.00 e. The third-order valence-electron chi connectivity index (χ3n) is 3.43. The molecule has 96 valence electrons.